The summed E-state index contributed by atoms with van der Waals surface area (Å²) in [7, 11) is 1.56. The quantitative estimate of drug-likeness (QED) is 0.789. The van der Waals surface area contributed by atoms with E-state index in [1.54, 1.807) is 25.5 Å². The number of rotatable bonds is 5. The highest BCUT2D eigenvalue weighted by Crippen LogP contribution is 1.95. The molecule has 0 aromatic carbocycles. The molecular weight excluding hydrogens is 222 g/mol. The standard InChI is InChI=1S/C11H15N3O3/c1-14(6-4-10(15)16)11(17)13-8-9-3-2-5-12-7-9/h2-3,5,7H,4,6,8H2,1H3,(H,13,17)(H,15,16). The largest absolute Gasteiger partial charge is 0.481 e. The SMILES string of the molecule is CN(CCC(=O)O)C(=O)NCc1cccnc1. The highest BCUT2D eigenvalue weighted by Gasteiger charge is 2.09. The van der Waals surface area contributed by atoms with Crippen molar-refractivity contribution in [3.05, 3.63) is 30.1 Å². The molecule has 1 aromatic heterocycles. The van der Waals surface area contributed by atoms with Crippen LogP contribution in [0, 0.1) is 0 Å². The molecule has 1 aromatic rings. The maximum absolute atomic E-state index is 11.5. The van der Waals surface area contributed by atoms with Crippen LogP contribution >= 0.6 is 0 Å². The number of aromatic nitrogens is 1. The molecule has 6 nitrogen and oxygen atoms in total. The molecule has 0 fully saturated rings. The molecule has 0 saturated carbocycles. The Morgan fingerprint density at radius 2 is 2.29 bits per heavy atom. The molecular formula is C11H15N3O3. The van der Waals surface area contributed by atoms with Crippen molar-refractivity contribution >= 4 is 12.0 Å². The van der Waals surface area contributed by atoms with Gasteiger partial charge in [0.05, 0.1) is 6.42 Å². The zero-order valence-electron chi connectivity index (χ0n) is 9.59. The van der Waals surface area contributed by atoms with Crippen LogP contribution in [0.2, 0.25) is 0 Å². The van der Waals surface area contributed by atoms with Crippen LogP contribution in [-0.4, -0.2) is 40.6 Å². The summed E-state index contributed by atoms with van der Waals surface area (Å²) < 4.78 is 0. The summed E-state index contributed by atoms with van der Waals surface area (Å²) in [5.41, 5.74) is 0.896. The second-order valence-electron chi connectivity index (χ2n) is 3.59. The van der Waals surface area contributed by atoms with Crippen molar-refractivity contribution in [1.82, 2.24) is 15.2 Å². The third-order valence-corrected chi connectivity index (χ3v) is 2.17. The molecule has 0 atom stereocenters. The summed E-state index contributed by atoms with van der Waals surface area (Å²) in [4.78, 5) is 27.1. The third-order valence-electron chi connectivity index (χ3n) is 2.17. The van der Waals surface area contributed by atoms with Gasteiger partial charge in [0.15, 0.2) is 0 Å². The van der Waals surface area contributed by atoms with Crippen molar-refractivity contribution in [2.75, 3.05) is 13.6 Å². The average molecular weight is 237 g/mol. The molecule has 2 N–H and O–H groups in total. The van der Waals surface area contributed by atoms with Gasteiger partial charge in [-0.15, -0.1) is 0 Å². The number of aliphatic carboxylic acids is 1. The summed E-state index contributed by atoms with van der Waals surface area (Å²) in [5, 5.41) is 11.2. The second-order valence-corrected chi connectivity index (χ2v) is 3.59. The average Bonchev–Trinajstić information content (AvgIpc) is 2.34. The lowest BCUT2D eigenvalue weighted by molar-refractivity contribution is -0.137. The van der Waals surface area contributed by atoms with Crippen molar-refractivity contribution in [1.29, 1.82) is 0 Å². The Balaban J connectivity index is 2.32. The first-order chi connectivity index (χ1) is 8.09. The number of pyridine rings is 1. The predicted octanol–water partition coefficient (Wildman–Crippen LogP) is 0.698. The monoisotopic (exact) mass is 237 g/mol. The van der Waals surface area contributed by atoms with E-state index in [1.807, 2.05) is 6.07 Å². The van der Waals surface area contributed by atoms with E-state index in [4.69, 9.17) is 5.11 Å². The van der Waals surface area contributed by atoms with Gasteiger partial charge in [-0.2, -0.15) is 0 Å². The zero-order valence-corrected chi connectivity index (χ0v) is 9.59. The van der Waals surface area contributed by atoms with Crippen molar-refractivity contribution in [2.45, 2.75) is 13.0 Å². The molecule has 92 valence electrons. The molecule has 0 saturated heterocycles. The fourth-order valence-corrected chi connectivity index (χ4v) is 1.18. The number of carbonyl (C=O) groups excluding carboxylic acids is 1. The van der Waals surface area contributed by atoms with Crippen LogP contribution in [-0.2, 0) is 11.3 Å². The van der Waals surface area contributed by atoms with Crippen LogP contribution in [0.15, 0.2) is 24.5 Å². The predicted molar refractivity (Wildman–Crippen MR) is 61.4 cm³/mol. The Hall–Kier alpha value is -2.11. The lowest BCUT2D eigenvalue weighted by Crippen LogP contribution is -2.37. The van der Waals surface area contributed by atoms with Gasteiger partial charge in [0.2, 0.25) is 0 Å². The third kappa shape index (κ3) is 4.96. The number of urea groups is 1. The molecule has 0 radical (unpaired) electrons. The molecule has 0 bridgehead atoms. The summed E-state index contributed by atoms with van der Waals surface area (Å²) in [5.74, 6) is -0.920. The Kier molecular flexibility index (Phi) is 4.93. The zero-order chi connectivity index (χ0) is 12.7. The molecule has 17 heavy (non-hydrogen) atoms. The van der Waals surface area contributed by atoms with E-state index in [0.717, 1.165) is 5.56 Å². The maximum atomic E-state index is 11.5. The minimum Gasteiger partial charge on any atom is -0.481 e. The summed E-state index contributed by atoms with van der Waals surface area (Å²) in [6, 6.07) is 3.34. The molecule has 1 rings (SSSR count). The van der Waals surface area contributed by atoms with Gasteiger partial charge < -0.3 is 15.3 Å². The second kappa shape index (κ2) is 6.47. The van der Waals surface area contributed by atoms with Crippen LogP contribution in [0.3, 0.4) is 0 Å². The summed E-state index contributed by atoms with van der Waals surface area (Å²) >= 11 is 0. The number of carboxylic acid groups (broad SMARTS) is 1. The first-order valence-corrected chi connectivity index (χ1v) is 5.19. The van der Waals surface area contributed by atoms with E-state index in [1.165, 1.54) is 4.90 Å². The number of nitrogens with one attached hydrogen (secondary N) is 1. The van der Waals surface area contributed by atoms with Crippen LogP contribution in [0.5, 0.6) is 0 Å². The molecule has 0 aliphatic rings. The molecule has 0 aliphatic heterocycles. The molecule has 0 unspecified atom stereocenters. The fourth-order valence-electron chi connectivity index (χ4n) is 1.18. The Labute approximate surface area is 99.3 Å². The number of carboxylic acids is 1. The van der Waals surface area contributed by atoms with Gasteiger partial charge >= 0.3 is 12.0 Å². The highest BCUT2D eigenvalue weighted by atomic mass is 16.4. The summed E-state index contributed by atoms with van der Waals surface area (Å²) in [6.45, 7) is 0.568. The lowest BCUT2D eigenvalue weighted by atomic mass is 10.3. The molecule has 0 spiro atoms. The van der Waals surface area contributed by atoms with Gasteiger partial charge in [0.25, 0.3) is 0 Å². The number of amides is 2. The first-order valence-electron chi connectivity index (χ1n) is 5.19. The summed E-state index contributed by atoms with van der Waals surface area (Å²) in [6.07, 6.45) is 3.26. The molecule has 6 heteroatoms. The smallest absolute Gasteiger partial charge is 0.317 e. The lowest BCUT2D eigenvalue weighted by Gasteiger charge is -2.16. The van der Waals surface area contributed by atoms with Crippen molar-refractivity contribution in [3.8, 4) is 0 Å². The van der Waals surface area contributed by atoms with E-state index >= 15 is 0 Å². The van der Waals surface area contributed by atoms with Crippen molar-refractivity contribution in [3.63, 3.8) is 0 Å². The van der Waals surface area contributed by atoms with Gasteiger partial charge in [0, 0.05) is 32.5 Å². The number of hydrogen-bond donors (Lipinski definition) is 2. The fraction of sp³-hybridized carbons (Fsp3) is 0.364. The Bertz CT molecular complexity index is 381. The van der Waals surface area contributed by atoms with Crippen LogP contribution in [0.1, 0.15) is 12.0 Å². The van der Waals surface area contributed by atoms with Crippen LogP contribution < -0.4 is 5.32 Å². The Morgan fingerprint density at radius 3 is 2.88 bits per heavy atom. The van der Waals surface area contributed by atoms with Gasteiger partial charge in [-0.3, -0.25) is 9.78 Å². The minimum atomic E-state index is -0.920. The van der Waals surface area contributed by atoms with Gasteiger partial charge in [-0.25, -0.2) is 4.79 Å². The number of carbonyl (C=O) groups is 2. The normalized spacial score (nSPS) is 9.71. The van der Waals surface area contributed by atoms with Crippen LogP contribution in [0.4, 0.5) is 4.79 Å². The van der Waals surface area contributed by atoms with Crippen molar-refractivity contribution < 1.29 is 14.7 Å². The molecule has 2 amide bonds. The minimum absolute atomic E-state index is 0.0587. The van der Waals surface area contributed by atoms with E-state index < -0.39 is 5.97 Å². The molecule has 0 aliphatic carbocycles. The van der Waals surface area contributed by atoms with Gasteiger partial charge in [-0.05, 0) is 11.6 Å². The molecule has 1 heterocycles. The van der Waals surface area contributed by atoms with Gasteiger partial charge in [-0.1, -0.05) is 6.07 Å². The van der Waals surface area contributed by atoms with E-state index in [-0.39, 0.29) is 19.0 Å². The number of hydrogen-bond acceptors (Lipinski definition) is 3. The Morgan fingerprint density at radius 1 is 1.53 bits per heavy atom. The van der Waals surface area contributed by atoms with Gasteiger partial charge in [0.1, 0.15) is 0 Å². The van der Waals surface area contributed by atoms with E-state index in [2.05, 4.69) is 10.3 Å². The maximum Gasteiger partial charge on any atom is 0.317 e. The number of nitrogens with zero attached hydrogens (tertiary/aromatic N) is 2. The van der Waals surface area contributed by atoms with E-state index in [9.17, 15) is 9.59 Å². The van der Waals surface area contributed by atoms with Crippen LogP contribution in [0.25, 0.3) is 0 Å². The van der Waals surface area contributed by atoms with Crippen molar-refractivity contribution in [2.24, 2.45) is 0 Å². The van der Waals surface area contributed by atoms with E-state index in [0.29, 0.717) is 6.54 Å². The topological polar surface area (TPSA) is 82.5 Å². The highest BCUT2D eigenvalue weighted by molar-refractivity contribution is 5.74. The first kappa shape index (κ1) is 13.0.